The molecular formula is C15H16N6. The Hall–Kier alpha value is -2.50. The molecule has 0 bridgehead atoms. The number of aromatic nitrogens is 5. The summed E-state index contributed by atoms with van der Waals surface area (Å²) in [4.78, 5) is 19.6. The van der Waals surface area contributed by atoms with Gasteiger partial charge in [0.15, 0.2) is 5.65 Å². The number of anilines is 1. The normalized spacial score (nSPS) is 16.5. The van der Waals surface area contributed by atoms with Gasteiger partial charge in [0.05, 0.1) is 6.33 Å². The van der Waals surface area contributed by atoms with Crippen LogP contribution in [0.1, 0.15) is 18.9 Å². The average Bonchev–Trinajstić information content (AvgIpc) is 3.09. The van der Waals surface area contributed by atoms with Crippen LogP contribution in [-0.4, -0.2) is 37.6 Å². The minimum absolute atomic E-state index is 0.545. The first kappa shape index (κ1) is 12.3. The molecule has 0 radical (unpaired) electrons. The van der Waals surface area contributed by atoms with Crippen molar-refractivity contribution in [1.82, 2.24) is 24.5 Å². The number of rotatable bonds is 2. The number of hydrogen-bond donors (Lipinski definition) is 0. The van der Waals surface area contributed by atoms with Gasteiger partial charge in [0.25, 0.3) is 0 Å². The fraction of sp³-hybridized carbons (Fsp3) is 0.333. The molecule has 0 aromatic carbocycles. The highest BCUT2D eigenvalue weighted by Crippen LogP contribution is 2.25. The molecule has 0 unspecified atom stereocenters. The predicted octanol–water partition coefficient (Wildman–Crippen LogP) is 2.06. The molecule has 1 aliphatic rings. The van der Waals surface area contributed by atoms with E-state index in [-0.39, 0.29) is 0 Å². The van der Waals surface area contributed by atoms with Crippen molar-refractivity contribution in [2.75, 3.05) is 18.0 Å². The molecule has 0 amide bonds. The Morgan fingerprint density at radius 2 is 1.86 bits per heavy atom. The summed E-state index contributed by atoms with van der Waals surface area (Å²) in [6.07, 6.45) is 11.4. The van der Waals surface area contributed by atoms with Gasteiger partial charge in [-0.25, -0.2) is 15.0 Å². The lowest BCUT2D eigenvalue weighted by atomic mass is 10.1. The molecule has 21 heavy (non-hydrogen) atoms. The van der Waals surface area contributed by atoms with Gasteiger partial charge >= 0.3 is 0 Å². The Labute approximate surface area is 122 Å². The highest BCUT2D eigenvalue weighted by atomic mass is 15.2. The summed E-state index contributed by atoms with van der Waals surface area (Å²) in [7, 11) is 0. The fourth-order valence-electron chi connectivity index (χ4n) is 2.90. The standard InChI is InChI=1S/C15H16N6/c1-2-14(19-15-13(1)17-5-6-18-15)20-8-3-12(4-9-20)21-10-7-16-11-21/h1-2,5-7,10-12H,3-4,8-9H2. The lowest BCUT2D eigenvalue weighted by Gasteiger charge is -2.33. The minimum Gasteiger partial charge on any atom is -0.356 e. The van der Waals surface area contributed by atoms with Gasteiger partial charge in [0.2, 0.25) is 0 Å². The summed E-state index contributed by atoms with van der Waals surface area (Å²) in [6.45, 7) is 2.00. The van der Waals surface area contributed by atoms with E-state index in [0.29, 0.717) is 11.7 Å². The smallest absolute Gasteiger partial charge is 0.180 e. The molecular weight excluding hydrogens is 264 g/mol. The first-order valence-electron chi connectivity index (χ1n) is 7.20. The molecule has 0 aliphatic carbocycles. The topological polar surface area (TPSA) is 59.7 Å². The summed E-state index contributed by atoms with van der Waals surface area (Å²) < 4.78 is 2.20. The lowest BCUT2D eigenvalue weighted by molar-refractivity contribution is 0.395. The van der Waals surface area contributed by atoms with E-state index in [1.807, 2.05) is 30.9 Å². The molecule has 4 rings (SSSR count). The van der Waals surface area contributed by atoms with Crippen molar-refractivity contribution in [3.63, 3.8) is 0 Å². The number of fused-ring (bicyclic) bond motifs is 1. The van der Waals surface area contributed by atoms with Gasteiger partial charge in [-0.15, -0.1) is 0 Å². The zero-order chi connectivity index (χ0) is 14.1. The van der Waals surface area contributed by atoms with Crippen LogP contribution < -0.4 is 4.90 Å². The van der Waals surface area contributed by atoms with Crippen LogP contribution in [0.25, 0.3) is 11.2 Å². The third-order valence-corrected chi connectivity index (χ3v) is 4.05. The zero-order valence-corrected chi connectivity index (χ0v) is 11.6. The number of hydrogen-bond acceptors (Lipinski definition) is 5. The third kappa shape index (κ3) is 2.33. The SMILES string of the molecule is c1cn(C2CCN(c3ccc4nccnc4n3)CC2)cn1. The first-order chi connectivity index (χ1) is 10.4. The van der Waals surface area contributed by atoms with Crippen LogP contribution in [0.15, 0.2) is 43.2 Å². The Kier molecular flexibility index (Phi) is 2.99. The second kappa shape index (κ2) is 5.12. The van der Waals surface area contributed by atoms with Crippen LogP contribution in [0.3, 0.4) is 0 Å². The number of piperidine rings is 1. The van der Waals surface area contributed by atoms with Crippen molar-refractivity contribution in [3.05, 3.63) is 43.2 Å². The Morgan fingerprint density at radius 3 is 2.67 bits per heavy atom. The summed E-state index contributed by atoms with van der Waals surface area (Å²) in [5.41, 5.74) is 1.56. The van der Waals surface area contributed by atoms with Gasteiger partial charge in [-0.05, 0) is 25.0 Å². The van der Waals surface area contributed by atoms with Crippen LogP contribution in [0.2, 0.25) is 0 Å². The highest BCUT2D eigenvalue weighted by Gasteiger charge is 2.21. The molecule has 1 aliphatic heterocycles. The van der Waals surface area contributed by atoms with Crippen molar-refractivity contribution >= 4 is 17.0 Å². The molecule has 0 N–H and O–H groups in total. The second-order valence-corrected chi connectivity index (χ2v) is 5.30. The van der Waals surface area contributed by atoms with Gasteiger partial charge in [-0.2, -0.15) is 0 Å². The highest BCUT2D eigenvalue weighted by molar-refractivity contribution is 5.71. The monoisotopic (exact) mass is 280 g/mol. The molecule has 0 saturated carbocycles. The van der Waals surface area contributed by atoms with Gasteiger partial charge in [0.1, 0.15) is 11.3 Å². The predicted molar refractivity (Wildman–Crippen MR) is 80.0 cm³/mol. The lowest BCUT2D eigenvalue weighted by Crippen LogP contribution is -2.34. The molecule has 6 heteroatoms. The van der Waals surface area contributed by atoms with Crippen LogP contribution in [0, 0.1) is 0 Å². The molecule has 4 heterocycles. The molecule has 1 fully saturated rings. The van der Waals surface area contributed by atoms with E-state index in [1.165, 1.54) is 0 Å². The maximum Gasteiger partial charge on any atom is 0.180 e. The maximum absolute atomic E-state index is 4.62. The minimum atomic E-state index is 0.545. The van der Waals surface area contributed by atoms with Crippen LogP contribution in [0.4, 0.5) is 5.82 Å². The molecule has 3 aromatic rings. The molecule has 3 aromatic heterocycles. The third-order valence-electron chi connectivity index (χ3n) is 4.05. The zero-order valence-electron chi connectivity index (χ0n) is 11.6. The number of pyridine rings is 1. The van der Waals surface area contributed by atoms with E-state index in [4.69, 9.17) is 0 Å². The molecule has 106 valence electrons. The van der Waals surface area contributed by atoms with E-state index in [1.54, 1.807) is 12.4 Å². The second-order valence-electron chi connectivity index (χ2n) is 5.30. The summed E-state index contributed by atoms with van der Waals surface area (Å²) in [5.74, 6) is 0.993. The quantitative estimate of drug-likeness (QED) is 0.719. The Bertz CT molecular complexity index is 731. The van der Waals surface area contributed by atoms with E-state index < -0.39 is 0 Å². The number of nitrogens with zero attached hydrogens (tertiary/aromatic N) is 6. The summed E-state index contributed by atoms with van der Waals surface area (Å²) in [6, 6.07) is 4.57. The Morgan fingerprint density at radius 1 is 1.00 bits per heavy atom. The summed E-state index contributed by atoms with van der Waals surface area (Å²) in [5, 5.41) is 0. The molecule has 1 saturated heterocycles. The first-order valence-corrected chi connectivity index (χ1v) is 7.20. The van der Waals surface area contributed by atoms with Gasteiger partial charge < -0.3 is 9.47 Å². The maximum atomic E-state index is 4.62. The van der Waals surface area contributed by atoms with Gasteiger partial charge in [-0.3, -0.25) is 4.98 Å². The van der Waals surface area contributed by atoms with E-state index in [0.717, 1.165) is 37.3 Å². The molecule has 6 nitrogen and oxygen atoms in total. The van der Waals surface area contributed by atoms with Crippen molar-refractivity contribution in [2.24, 2.45) is 0 Å². The van der Waals surface area contributed by atoms with Gasteiger partial charge in [-0.1, -0.05) is 0 Å². The summed E-state index contributed by atoms with van der Waals surface area (Å²) >= 11 is 0. The van der Waals surface area contributed by atoms with E-state index in [2.05, 4.69) is 29.4 Å². The van der Waals surface area contributed by atoms with Crippen molar-refractivity contribution < 1.29 is 0 Å². The molecule has 0 atom stereocenters. The van der Waals surface area contributed by atoms with Crippen LogP contribution >= 0.6 is 0 Å². The van der Waals surface area contributed by atoms with Crippen molar-refractivity contribution in [1.29, 1.82) is 0 Å². The Balaban J connectivity index is 1.52. The average molecular weight is 280 g/mol. The van der Waals surface area contributed by atoms with E-state index in [9.17, 15) is 0 Å². The largest absolute Gasteiger partial charge is 0.356 e. The van der Waals surface area contributed by atoms with Gasteiger partial charge in [0, 0.05) is 43.9 Å². The van der Waals surface area contributed by atoms with Crippen molar-refractivity contribution in [3.8, 4) is 0 Å². The van der Waals surface area contributed by atoms with Crippen LogP contribution in [0.5, 0.6) is 0 Å². The fourth-order valence-corrected chi connectivity index (χ4v) is 2.90. The van der Waals surface area contributed by atoms with Crippen molar-refractivity contribution in [2.45, 2.75) is 18.9 Å². The van der Waals surface area contributed by atoms with Crippen LogP contribution in [-0.2, 0) is 0 Å². The number of imidazole rings is 1. The molecule has 0 spiro atoms. The van der Waals surface area contributed by atoms with E-state index >= 15 is 0 Å².